The van der Waals surface area contributed by atoms with E-state index in [1.54, 1.807) is 13.8 Å². The van der Waals surface area contributed by atoms with Crippen molar-refractivity contribution in [3.05, 3.63) is 0 Å². The summed E-state index contributed by atoms with van der Waals surface area (Å²) in [6.07, 6.45) is -1.82. The van der Waals surface area contributed by atoms with Gasteiger partial charge in [-0.1, -0.05) is 13.8 Å². The molecule has 2 rings (SSSR count). The lowest BCUT2D eigenvalue weighted by Crippen LogP contribution is -2.55. The Morgan fingerprint density at radius 2 is 1.43 bits per heavy atom. The first-order valence-corrected chi connectivity index (χ1v) is 21.6. The summed E-state index contributed by atoms with van der Waals surface area (Å²) in [6.45, 7) is 5.58. The lowest BCUT2D eigenvalue weighted by molar-refractivity contribution is -0.147. The van der Waals surface area contributed by atoms with E-state index in [4.69, 9.17) is 33.5 Å². The zero-order chi connectivity index (χ0) is 44.8. The van der Waals surface area contributed by atoms with Gasteiger partial charge in [-0.3, -0.25) is 47.8 Å². The van der Waals surface area contributed by atoms with E-state index in [-0.39, 0.29) is 97.0 Å². The van der Waals surface area contributed by atoms with Crippen LogP contribution in [-0.2, 0) is 71.4 Å². The number of nitrogens with one attached hydrogen (secondary N) is 5. The highest BCUT2D eigenvalue weighted by molar-refractivity contribution is 7.81. The van der Waals surface area contributed by atoms with Crippen LogP contribution in [0.15, 0.2) is 0 Å². The lowest BCUT2D eigenvalue weighted by atomic mass is 10.00. The third-order valence-electron chi connectivity index (χ3n) is 8.75. The van der Waals surface area contributed by atoms with Crippen molar-refractivity contribution in [2.45, 2.75) is 82.3 Å². The van der Waals surface area contributed by atoms with Crippen LogP contribution in [0.1, 0.15) is 52.9 Å². The number of nitrogens with zero attached hydrogens (tertiary/aromatic N) is 1. The average Bonchev–Trinajstić information content (AvgIpc) is 3.68. The molecule has 0 aromatic carbocycles. The van der Waals surface area contributed by atoms with Gasteiger partial charge in [0.05, 0.1) is 83.3 Å². The first-order chi connectivity index (χ1) is 28.3. The van der Waals surface area contributed by atoms with E-state index in [0.29, 0.717) is 4.90 Å². The Hall–Kier alpha value is -4.03. The fraction of sp³-hybridized carbons (Fsp3) is 0.743. The summed E-state index contributed by atoms with van der Waals surface area (Å²) in [5.41, 5.74) is 0. The van der Waals surface area contributed by atoms with Crippen molar-refractivity contribution < 1.29 is 81.2 Å². The molecule has 0 aromatic rings. The maximum Gasteiger partial charge on any atom is 0.328 e. The molecule has 0 spiro atoms. The minimum atomic E-state index is -4.44. The Morgan fingerprint density at radius 1 is 0.833 bits per heavy atom. The number of imide groups is 1. The largest absolute Gasteiger partial charge is 0.464 e. The molecular weight excluding hydrogens is 839 g/mol. The van der Waals surface area contributed by atoms with Crippen molar-refractivity contribution >= 4 is 73.3 Å². The first kappa shape index (κ1) is 52.1. The van der Waals surface area contributed by atoms with Crippen molar-refractivity contribution in [1.29, 1.82) is 0 Å². The Balaban J connectivity index is 1.61. The van der Waals surface area contributed by atoms with Gasteiger partial charge in [0.1, 0.15) is 18.1 Å². The normalized spacial score (nSPS) is 18.1. The maximum absolute atomic E-state index is 13.0. The van der Waals surface area contributed by atoms with Crippen molar-refractivity contribution in [2.75, 3.05) is 78.7 Å². The predicted molar refractivity (Wildman–Crippen MR) is 210 cm³/mol. The van der Waals surface area contributed by atoms with Gasteiger partial charge in [-0.15, -0.1) is 0 Å². The summed E-state index contributed by atoms with van der Waals surface area (Å²) >= 11 is 4.05. The molecule has 2 heterocycles. The number of likely N-dealkylation sites (tertiary alicyclic amines) is 1. The number of thiol groups is 1. The molecule has 2 aliphatic heterocycles. The molecule has 0 saturated carbocycles. The van der Waals surface area contributed by atoms with Crippen molar-refractivity contribution in [3.8, 4) is 0 Å². The number of carbonyl (C=O) groups is 9. The van der Waals surface area contributed by atoms with Gasteiger partial charge >= 0.3 is 13.6 Å². The second kappa shape index (κ2) is 27.0. The van der Waals surface area contributed by atoms with Gasteiger partial charge in [0.25, 0.3) is 0 Å². The fourth-order valence-electron chi connectivity index (χ4n) is 5.63. The Kier molecular flexibility index (Phi) is 23.5. The number of ketones is 1. The molecule has 0 radical (unpaired) electrons. The highest BCUT2D eigenvalue weighted by Crippen LogP contribution is 2.34. The predicted octanol–water partition coefficient (Wildman–Crippen LogP) is -3.29. The Morgan fingerprint density at radius 3 is 1.95 bits per heavy atom. The second-order valence-electron chi connectivity index (χ2n) is 14.0. The van der Waals surface area contributed by atoms with Gasteiger partial charge < -0.3 is 60.1 Å². The zero-order valence-electron chi connectivity index (χ0n) is 33.8. The molecule has 7 amide bonds. The number of cyclic esters (lactones) is 1. The minimum Gasteiger partial charge on any atom is -0.464 e. The number of hydrogen-bond donors (Lipinski definition) is 8. The van der Waals surface area contributed by atoms with Crippen LogP contribution in [0.5, 0.6) is 0 Å². The van der Waals surface area contributed by atoms with Crippen LogP contribution in [0, 0.1) is 5.92 Å². The number of rotatable bonds is 30. The third kappa shape index (κ3) is 20.0. The fourth-order valence-corrected chi connectivity index (χ4v) is 6.41. The SMILES string of the molecule is CC(=O)[C@@H](NC(=O)[C@H](CC(=O)N[C@H]1CCOC1=O)NC(=O)CCOCCOCCOCCOCCNC(=O)[C@H](CNC(=O)CCP(=O)(O)O)N1C(=O)CC(S)C1=O)C(C)C. The molecule has 1 unspecified atom stereocenters. The van der Waals surface area contributed by atoms with Crippen molar-refractivity contribution in [3.63, 3.8) is 0 Å². The lowest BCUT2D eigenvalue weighted by Gasteiger charge is -2.26. The molecule has 0 bridgehead atoms. The molecule has 0 aliphatic carbocycles. The van der Waals surface area contributed by atoms with E-state index >= 15 is 0 Å². The van der Waals surface area contributed by atoms with E-state index in [0.717, 1.165) is 0 Å². The summed E-state index contributed by atoms with van der Waals surface area (Å²) in [5.74, 6) is -6.01. The standard InChI is InChI=1S/C35H57N6O17PS/c1-21(2)31(22(3)42)40-32(47)24(18-29(45)38-23-4-9-58-35(23)50)39-28(44)5-8-54-11-13-56-15-16-57-14-12-55-10-7-36-33(48)25(41-30(46)19-26(60)34(41)49)20-37-27(43)6-17-59(51,52)53/h21,23-26,31,60H,4-20H2,1-3H3,(H,36,48)(H,37,43)(H,38,45)(H,39,44)(H,40,47)(H2,51,52,53)/t23-,24-,25-,26?,31-/m0/s1. The highest BCUT2D eigenvalue weighted by atomic mass is 32.1. The number of amides is 7. The van der Waals surface area contributed by atoms with Gasteiger partial charge in [-0.2, -0.15) is 12.6 Å². The highest BCUT2D eigenvalue weighted by Gasteiger charge is 2.43. The Bertz CT molecular complexity index is 1560. The van der Waals surface area contributed by atoms with Gasteiger partial charge in [-0.05, 0) is 12.8 Å². The second-order valence-corrected chi connectivity index (χ2v) is 16.4. The summed E-state index contributed by atoms with van der Waals surface area (Å²) in [4.78, 5) is 131. The van der Waals surface area contributed by atoms with Crippen LogP contribution in [-0.4, -0.2) is 176 Å². The van der Waals surface area contributed by atoms with Crippen molar-refractivity contribution in [2.24, 2.45) is 5.92 Å². The topological polar surface area (TPSA) is 321 Å². The molecule has 25 heteroatoms. The first-order valence-electron chi connectivity index (χ1n) is 19.3. The van der Waals surface area contributed by atoms with E-state index < -0.39 is 110 Å². The summed E-state index contributed by atoms with van der Waals surface area (Å²) < 4.78 is 37.6. The van der Waals surface area contributed by atoms with Crippen LogP contribution in [0.3, 0.4) is 0 Å². The van der Waals surface area contributed by atoms with Crippen LogP contribution in [0.25, 0.3) is 0 Å². The molecule has 2 fully saturated rings. The van der Waals surface area contributed by atoms with Gasteiger partial charge in [0.15, 0.2) is 5.78 Å². The van der Waals surface area contributed by atoms with Crippen LogP contribution < -0.4 is 26.6 Å². The van der Waals surface area contributed by atoms with Gasteiger partial charge in [-0.25, -0.2) is 4.79 Å². The van der Waals surface area contributed by atoms with E-state index in [2.05, 4.69) is 39.2 Å². The molecule has 23 nitrogen and oxygen atoms in total. The summed E-state index contributed by atoms with van der Waals surface area (Å²) in [5, 5.41) is 11.5. The van der Waals surface area contributed by atoms with E-state index in [1.165, 1.54) is 6.92 Å². The number of esters is 1. The van der Waals surface area contributed by atoms with Crippen molar-refractivity contribution in [1.82, 2.24) is 31.5 Å². The molecule has 340 valence electrons. The van der Waals surface area contributed by atoms with Crippen LogP contribution in [0.4, 0.5) is 0 Å². The number of hydrogen-bond acceptors (Lipinski definition) is 16. The monoisotopic (exact) mass is 896 g/mol. The third-order valence-corrected chi connectivity index (χ3v) is 9.96. The van der Waals surface area contributed by atoms with Crippen LogP contribution >= 0.6 is 20.2 Å². The smallest absolute Gasteiger partial charge is 0.328 e. The van der Waals surface area contributed by atoms with Gasteiger partial charge in [0.2, 0.25) is 41.4 Å². The molecule has 2 saturated heterocycles. The van der Waals surface area contributed by atoms with E-state index in [1.807, 2.05) is 0 Å². The number of carbonyl (C=O) groups excluding carboxylic acids is 9. The quantitative estimate of drug-likeness (QED) is 0.0115. The average molecular weight is 897 g/mol. The van der Waals surface area contributed by atoms with Crippen LogP contribution in [0.2, 0.25) is 0 Å². The van der Waals surface area contributed by atoms with E-state index in [9.17, 15) is 47.7 Å². The number of ether oxygens (including phenoxy) is 5. The maximum atomic E-state index is 13.0. The van der Waals surface area contributed by atoms with Gasteiger partial charge in [0, 0.05) is 38.8 Å². The summed E-state index contributed by atoms with van der Waals surface area (Å²) in [7, 11) is -4.44. The Labute approximate surface area is 352 Å². The molecule has 2 aliphatic rings. The molecule has 5 atom stereocenters. The summed E-state index contributed by atoms with van der Waals surface area (Å²) in [6, 6.07) is -4.42. The number of Topliss-reactive ketones (excluding diaryl/α,β-unsaturated/α-hetero) is 1. The molecule has 0 aromatic heterocycles. The molecule has 60 heavy (non-hydrogen) atoms. The molecular formula is C35H57N6O17PS. The minimum absolute atomic E-state index is 0.0145. The zero-order valence-corrected chi connectivity index (χ0v) is 35.6. The molecule has 7 N–H and O–H groups in total.